The van der Waals surface area contributed by atoms with E-state index >= 15 is 0 Å². The summed E-state index contributed by atoms with van der Waals surface area (Å²) < 4.78 is 0. The van der Waals surface area contributed by atoms with E-state index in [4.69, 9.17) is 0 Å². The molecule has 96 valence electrons. The molecule has 0 amide bonds. The first-order valence-corrected chi connectivity index (χ1v) is 6.92. The number of hydrogen-bond donors (Lipinski definition) is 2. The highest BCUT2D eigenvalue weighted by atomic mass is 32.1. The van der Waals surface area contributed by atoms with Gasteiger partial charge in [0, 0.05) is 24.8 Å². The predicted octanol–water partition coefficient (Wildman–Crippen LogP) is 2.93. The third-order valence-corrected chi connectivity index (χ3v) is 3.43. The Morgan fingerprint density at radius 1 is 1.44 bits per heavy atom. The zero-order chi connectivity index (χ0) is 13.0. The van der Waals surface area contributed by atoms with Crippen molar-refractivity contribution in [3.05, 3.63) is 34.2 Å². The largest absolute Gasteiger partial charge is 0.367 e. The highest BCUT2D eigenvalue weighted by Crippen LogP contribution is 2.16. The fourth-order valence-corrected chi connectivity index (χ4v) is 2.44. The van der Waals surface area contributed by atoms with Crippen LogP contribution in [-0.4, -0.2) is 23.1 Å². The Balaban J connectivity index is 2.04. The molecule has 1 atom stereocenters. The molecule has 0 aliphatic heterocycles. The minimum atomic E-state index is 0.345. The van der Waals surface area contributed by atoms with Crippen LogP contribution in [0.15, 0.2) is 23.0 Å². The molecule has 2 heterocycles. The SMILES string of the molecule is CNc1ncc(C)c(NC(C)Cc2ccsc2)n1. The van der Waals surface area contributed by atoms with E-state index in [1.54, 1.807) is 11.3 Å². The van der Waals surface area contributed by atoms with Gasteiger partial charge in [-0.25, -0.2) is 4.98 Å². The smallest absolute Gasteiger partial charge is 0.224 e. The number of rotatable bonds is 5. The number of hydrogen-bond acceptors (Lipinski definition) is 5. The van der Waals surface area contributed by atoms with Gasteiger partial charge in [0.05, 0.1) is 0 Å². The van der Waals surface area contributed by atoms with Gasteiger partial charge in [-0.05, 0) is 42.7 Å². The highest BCUT2D eigenvalue weighted by Gasteiger charge is 2.08. The summed E-state index contributed by atoms with van der Waals surface area (Å²) in [6.45, 7) is 4.18. The van der Waals surface area contributed by atoms with Crippen LogP contribution in [0.2, 0.25) is 0 Å². The minimum absolute atomic E-state index is 0.345. The summed E-state index contributed by atoms with van der Waals surface area (Å²) >= 11 is 1.73. The molecule has 1 unspecified atom stereocenters. The van der Waals surface area contributed by atoms with Gasteiger partial charge in [-0.15, -0.1) is 0 Å². The predicted molar refractivity (Wildman–Crippen MR) is 77.4 cm³/mol. The average molecular weight is 262 g/mol. The lowest BCUT2D eigenvalue weighted by Crippen LogP contribution is -2.19. The third-order valence-electron chi connectivity index (χ3n) is 2.70. The maximum absolute atomic E-state index is 4.43. The number of nitrogens with zero attached hydrogens (tertiary/aromatic N) is 2. The van der Waals surface area contributed by atoms with Crippen molar-refractivity contribution in [2.75, 3.05) is 17.7 Å². The fraction of sp³-hybridized carbons (Fsp3) is 0.385. The Morgan fingerprint density at radius 2 is 2.28 bits per heavy atom. The molecule has 0 fully saturated rings. The molecule has 2 aromatic rings. The molecule has 0 bridgehead atoms. The number of aryl methyl sites for hydroxylation is 1. The van der Waals surface area contributed by atoms with Gasteiger partial charge in [0.25, 0.3) is 0 Å². The fourth-order valence-electron chi connectivity index (χ4n) is 1.76. The molecule has 0 aromatic carbocycles. The van der Waals surface area contributed by atoms with Crippen molar-refractivity contribution in [1.29, 1.82) is 0 Å². The quantitative estimate of drug-likeness (QED) is 0.870. The van der Waals surface area contributed by atoms with Crippen LogP contribution in [0, 0.1) is 6.92 Å². The normalized spacial score (nSPS) is 12.2. The van der Waals surface area contributed by atoms with Gasteiger partial charge in [-0.3, -0.25) is 0 Å². The molecule has 0 spiro atoms. The van der Waals surface area contributed by atoms with Gasteiger partial charge < -0.3 is 10.6 Å². The maximum Gasteiger partial charge on any atom is 0.224 e. The molecular formula is C13H18N4S. The number of nitrogens with one attached hydrogen (secondary N) is 2. The zero-order valence-electron chi connectivity index (χ0n) is 10.9. The molecule has 0 aliphatic carbocycles. The molecule has 0 saturated carbocycles. The Morgan fingerprint density at radius 3 is 2.94 bits per heavy atom. The highest BCUT2D eigenvalue weighted by molar-refractivity contribution is 7.07. The van der Waals surface area contributed by atoms with Crippen molar-refractivity contribution < 1.29 is 0 Å². The molecule has 2 aromatic heterocycles. The van der Waals surface area contributed by atoms with Gasteiger partial charge in [0.15, 0.2) is 0 Å². The van der Waals surface area contributed by atoms with Crippen LogP contribution in [-0.2, 0) is 6.42 Å². The summed E-state index contributed by atoms with van der Waals surface area (Å²) in [5, 5.41) is 10.7. The molecule has 0 radical (unpaired) electrons. The van der Waals surface area contributed by atoms with E-state index in [-0.39, 0.29) is 0 Å². The second-order valence-corrected chi connectivity index (χ2v) is 5.14. The molecule has 0 saturated heterocycles. The van der Waals surface area contributed by atoms with Crippen molar-refractivity contribution in [3.63, 3.8) is 0 Å². The average Bonchev–Trinajstić information content (AvgIpc) is 2.84. The maximum atomic E-state index is 4.43. The van der Waals surface area contributed by atoms with Gasteiger partial charge in [0.1, 0.15) is 5.82 Å². The van der Waals surface area contributed by atoms with Crippen molar-refractivity contribution in [1.82, 2.24) is 9.97 Å². The van der Waals surface area contributed by atoms with Crippen molar-refractivity contribution >= 4 is 23.1 Å². The standard InChI is InChI=1S/C13H18N4S/c1-9-7-15-13(14-3)17-12(9)16-10(2)6-11-4-5-18-8-11/h4-5,7-8,10H,6H2,1-3H3,(H2,14,15,16,17). The van der Waals surface area contributed by atoms with Crippen LogP contribution >= 0.6 is 11.3 Å². The van der Waals surface area contributed by atoms with E-state index < -0.39 is 0 Å². The molecule has 2 rings (SSSR count). The summed E-state index contributed by atoms with van der Waals surface area (Å²) in [6.07, 6.45) is 2.83. The summed E-state index contributed by atoms with van der Waals surface area (Å²) in [4.78, 5) is 8.61. The summed E-state index contributed by atoms with van der Waals surface area (Å²) in [5.41, 5.74) is 2.42. The van der Waals surface area contributed by atoms with Gasteiger partial charge in [-0.2, -0.15) is 16.3 Å². The van der Waals surface area contributed by atoms with Crippen LogP contribution in [0.1, 0.15) is 18.1 Å². The number of anilines is 2. The monoisotopic (exact) mass is 262 g/mol. The van der Waals surface area contributed by atoms with Crippen molar-refractivity contribution in [2.45, 2.75) is 26.3 Å². The minimum Gasteiger partial charge on any atom is -0.367 e. The second-order valence-electron chi connectivity index (χ2n) is 4.36. The zero-order valence-corrected chi connectivity index (χ0v) is 11.7. The first-order valence-electron chi connectivity index (χ1n) is 5.98. The third kappa shape index (κ3) is 3.20. The van der Waals surface area contributed by atoms with Crippen molar-refractivity contribution in [3.8, 4) is 0 Å². The topological polar surface area (TPSA) is 49.8 Å². The molecule has 5 heteroatoms. The number of thiophene rings is 1. The lowest BCUT2D eigenvalue weighted by molar-refractivity contribution is 0.784. The summed E-state index contributed by atoms with van der Waals surface area (Å²) in [6, 6.07) is 2.51. The lowest BCUT2D eigenvalue weighted by atomic mass is 10.1. The van der Waals surface area contributed by atoms with Crippen LogP contribution in [0.25, 0.3) is 0 Å². The second kappa shape index (κ2) is 5.82. The Labute approximate surface area is 111 Å². The molecule has 2 N–H and O–H groups in total. The molecular weight excluding hydrogens is 244 g/mol. The van der Waals surface area contributed by atoms with Gasteiger partial charge in [0.2, 0.25) is 5.95 Å². The Bertz CT molecular complexity index is 496. The van der Waals surface area contributed by atoms with E-state index in [1.165, 1.54) is 5.56 Å². The van der Waals surface area contributed by atoms with E-state index in [0.29, 0.717) is 12.0 Å². The van der Waals surface area contributed by atoms with Crippen LogP contribution in [0.3, 0.4) is 0 Å². The van der Waals surface area contributed by atoms with Crippen LogP contribution < -0.4 is 10.6 Å². The summed E-state index contributed by atoms with van der Waals surface area (Å²) in [5.74, 6) is 1.54. The first-order chi connectivity index (χ1) is 8.69. The molecule has 0 aliphatic rings. The first kappa shape index (κ1) is 12.8. The Hall–Kier alpha value is -1.62. The Kier molecular flexibility index (Phi) is 4.15. The summed E-state index contributed by atoms with van der Waals surface area (Å²) in [7, 11) is 1.82. The van der Waals surface area contributed by atoms with E-state index in [1.807, 2.05) is 20.2 Å². The number of aromatic nitrogens is 2. The van der Waals surface area contributed by atoms with Crippen LogP contribution in [0.4, 0.5) is 11.8 Å². The van der Waals surface area contributed by atoms with Crippen molar-refractivity contribution in [2.24, 2.45) is 0 Å². The van der Waals surface area contributed by atoms with E-state index in [2.05, 4.69) is 44.4 Å². The van der Waals surface area contributed by atoms with Gasteiger partial charge >= 0.3 is 0 Å². The van der Waals surface area contributed by atoms with Crippen LogP contribution in [0.5, 0.6) is 0 Å². The molecule has 4 nitrogen and oxygen atoms in total. The van der Waals surface area contributed by atoms with E-state index in [0.717, 1.165) is 17.8 Å². The van der Waals surface area contributed by atoms with Gasteiger partial charge in [-0.1, -0.05) is 0 Å². The van der Waals surface area contributed by atoms with E-state index in [9.17, 15) is 0 Å². The lowest BCUT2D eigenvalue weighted by Gasteiger charge is -2.16. The molecule has 18 heavy (non-hydrogen) atoms.